The maximum Gasteiger partial charge on any atom is 0.174 e. The van der Waals surface area contributed by atoms with E-state index in [2.05, 4.69) is 45.2 Å². The number of aryl methyl sites for hydroxylation is 2. The van der Waals surface area contributed by atoms with Crippen molar-refractivity contribution >= 4 is 39.8 Å². The molecule has 0 spiro atoms. The Labute approximate surface area is 158 Å². The molecule has 0 unspecified atom stereocenters. The molecule has 0 saturated carbocycles. The first kappa shape index (κ1) is 16.8. The van der Waals surface area contributed by atoms with E-state index in [0.29, 0.717) is 0 Å². The van der Waals surface area contributed by atoms with Crippen LogP contribution in [0.4, 0.5) is 11.5 Å². The zero-order valence-electron chi connectivity index (χ0n) is 15.0. The second-order valence-corrected chi connectivity index (χ2v) is 7.10. The highest BCUT2D eigenvalue weighted by atomic mass is 32.1. The predicted molar refractivity (Wildman–Crippen MR) is 110 cm³/mol. The van der Waals surface area contributed by atoms with E-state index in [9.17, 15) is 0 Å². The van der Waals surface area contributed by atoms with Crippen LogP contribution in [0.3, 0.4) is 0 Å². The molecular weight excluding hydrogens is 344 g/mol. The quantitative estimate of drug-likeness (QED) is 0.693. The molecule has 26 heavy (non-hydrogen) atoms. The lowest BCUT2D eigenvalue weighted by molar-refractivity contribution is 0.391. The van der Waals surface area contributed by atoms with Crippen LogP contribution in [0.2, 0.25) is 0 Å². The summed E-state index contributed by atoms with van der Waals surface area (Å²) in [6, 6.07) is 12.4. The van der Waals surface area contributed by atoms with Crippen molar-refractivity contribution in [1.82, 2.24) is 9.88 Å². The van der Waals surface area contributed by atoms with E-state index in [4.69, 9.17) is 16.6 Å². The van der Waals surface area contributed by atoms with E-state index in [1.54, 1.807) is 6.26 Å². The van der Waals surface area contributed by atoms with Crippen LogP contribution in [-0.4, -0.2) is 41.2 Å². The van der Waals surface area contributed by atoms with Crippen LogP contribution in [0.5, 0.6) is 0 Å². The van der Waals surface area contributed by atoms with Crippen molar-refractivity contribution in [2.75, 3.05) is 36.4 Å². The third-order valence-electron chi connectivity index (χ3n) is 4.70. The smallest absolute Gasteiger partial charge is 0.174 e. The number of furan rings is 1. The molecule has 3 heterocycles. The molecule has 1 aliphatic heterocycles. The number of fused-ring (bicyclic) bond motifs is 1. The number of nitrogens with zero attached hydrogens (tertiary/aromatic N) is 3. The number of rotatable bonds is 2. The molecule has 6 heteroatoms. The van der Waals surface area contributed by atoms with Crippen LogP contribution in [0.25, 0.3) is 11.0 Å². The molecule has 5 nitrogen and oxygen atoms in total. The molecular formula is C20H22N4OS. The van der Waals surface area contributed by atoms with Gasteiger partial charge in [0.15, 0.2) is 5.11 Å². The lowest BCUT2D eigenvalue weighted by Gasteiger charge is -2.37. The van der Waals surface area contributed by atoms with Gasteiger partial charge in [0.1, 0.15) is 11.4 Å². The molecule has 1 aliphatic rings. The number of aromatic nitrogens is 1. The zero-order chi connectivity index (χ0) is 18.1. The van der Waals surface area contributed by atoms with Crippen LogP contribution in [-0.2, 0) is 0 Å². The van der Waals surface area contributed by atoms with Crippen molar-refractivity contribution in [3.8, 4) is 0 Å². The van der Waals surface area contributed by atoms with Crippen LogP contribution < -0.4 is 10.2 Å². The van der Waals surface area contributed by atoms with Crippen LogP contribution in [0.1, 0.15) is 11.3 Å². The molecule has 134 valence electrons. The van der Waals surface area contributed by atoms with Gasteiger partial charge in [-0.2, -0.15) is 0 Å². The molecule has 4 rings (SSSR count). The van der Waals surface area contributed by atoms with Gasteiger partial charge in [0.05, 0.1) is 6.26 Å². The first-order valence-corrected chi connectivity index (χ1v) is 9.23. The molecule has 1 saturated heterocycles. The molecule has 0 amide bonds. The molecule has 2 aromatic heterocycles. The fraction of sp³-hybridized carbons (Fsp3) is 0.300. The van der Waals surface area contributed by atoms with Crippen molar-refractivity contribution in [2.24, 2.45) is 0 Å². The average Bonchev–Trinajstić information content (AvgIpc) is 3.08. The second kappa shape index (κ2) is 6.96. The largest absolute Gasteiger partial charge is 0.464 e. The summed E-state index contributed by atoms with van der Waals surface area (Å²) < 4.78 is 5.42. The Hall–Kier alpha value is -2.60. The minimum atomic E-state index is 0.743. The Balaban J connectivity index is 1.38. The average molecular weight is 366 g/mol. The van der Waals surface area contributed by atoms with Crippen molar-refractivity contribution in [3.63, 3.8) is 0 Å². The lowest BCUT2D eigenvalue weighted by Crippen LogP contribution is -2.50. The third kappa shape index (κ3) is 3.51. The second-order valence-electron chi connectivity index (χ2n) is 6.72. The summed E-state index contributed by atoms with van der Waals surface area (Å²) >= 11 is 5.59. The molecule has 0 radical (unpaired) electrons. The first-order valence-electron chi connectivity index (χ1n) is 8.82. The standard InChI is InChI=1S/C20H22N4OS/c1-14-11-15(2)21-19(12-14)22-20(26)24-8-6-23(7-9-24)17-3-4-18-16(13-17)5-10-25-18/h3-5,10-13H,6-9H2,1-2H3,(H,21,22,26). The Morgan fingerprint density at radius 2 is 1.88 bits per heavy atom. The monoisotopic (exact) mass is 366 g/mol. The number of hydrogen-bond acceptors (Lipinski definition) is 4. The predicted octanol–water partition coefficient (Wildman–Crippen LogP) is 3.96. The van der Waals surface area contributed by atoms with Crippen molar-refractivity contribution < 1.29 is 4.42 Å². The Bertz CT molecular complexity index is 924. The summed E-state index contributed by atoms with van der Waals surface area (Å²) in [6.07, 6.45) is 1.73. The van der Waals surface area contributed by atoms with E-state index in [0.717, 1.165) is 53.8 Å². The molecule has 0 aliphatic carbocycles. The number of piperazine rings is 1. The van der Waals surface area contributed by atoms with Gasteiger partial charge in [-0.25, -0.2) is 4.98 Å². The van der Waals surface area contributed by atoms with Crippen molar-refractivity contribution in [2.45, 2.75) is 13.8 Å². The molecule has 1 N–H and O–H groups in total. The Morgan fingerprint density at radius 1 is 1.08 bits per heavy atom. The van der Waals surface area contributed by atoms with Gasteiger partial charge < -0.3 is 19.5 Å². The lowest BCUT2D eigenvalue weighted by atomic mass is 10.2. The summed E-state index contributed by atoms with van der Waals surface area (Å²) in [5, 5.41) is 5.17. The van der Waals surface area contributed by atoms with Crippen LogP contribution in [0, 0.1) is 13.8 Å². The highest BCUT2D eigenvalue weighted by molar-refractivity contribution is 7.80. The van der Waals surface area contributed by atoms with E-state index in [-0.39, 0.29) is 0 Å². The number of thiocarbonyl (C=S) groups is 1. The van der Waals surface area contributed by atoms with Gasteiger partial charge in [0, 0.05) is 42.9 Å². The molecule has 1 aromatic carbocycles. The maximum atomic E-state index is 5.59. The maximum absolute atomic E-state index is 5.59. The van der Waals surface area contributed by atoms with Crippen molar-refractivity contribution in [3.05, 3.63) is 53.9 Å². The van der Waals surface area contributed by atoms with Gasteiger partial charge in [-0.05, 0) is 68.0 Å². The fourth-order valence-electron chi connectivity index (χ4n) is 3.41. The van der Waals surface area contributed by atoms with Gasteiger partial charge >= 0.3 is 0 Å². The molecule has 0 bridgehead atoms. The van der Waals surface area contributed by atoms with Gasteiger partial charge in [-0.3, -0.25) is 0 Å². The summed E-state index contributed by atoms with van der Waals surface area (Å²) in [5.74, 6) is 0.820. The summed E-state index contributed by atoms with van der Waals surface area (Å²) in [6.45, 7) is 7.71. The number of anilines is 2. The molecule has 0 atom stereocenters. The topological polar surface area (TPSA) is 44.5 Å². The highest BCUT2D eigenvalue weighted by Gasteiger charge is 2.20. The minimum Gasteiger partial charge on any atom is -0.464 e. The number of pyridine rings is 1. The third-order valence-corrected chi connectivity index (χ3v) is 5.06. The zero-order valence-corrected chi connectivity index (χ0v) is 15.8. The van der Waals surface area contributed by atoms with Crippen LogP contribution >= 0.6 is 12.2 Å². The van der Waals surface area contributed by atoms with E-state index in [1.807, 2.05) is 25.1 Å². The number of hydrogen-bond donors (Lipinski definition) is 1. The van der Waals surface area contributed by atoms with E-state index in [1.165, 1.54) is 11.3 Å². The SMILES string of the molecule is Cc1cc(C)nc(NC(=S)N2CCN(c3ccc4occc4c3)CC2)c1. The molecule has 1 fully saturated rings. The fourth-order valence-corrected chi connectivity index (χ4v) is 3.70. The normalized spacial score (nSPS) is 14.7. The summed E-state index contributed by atoms with van der Waals surface area (Å²) in [5.41, 5.74) is 4.34. The summed E-state index contributed by atoms with van der Waals surface area (Å²) in [7, 11) is 0. The van der Waals surface area contributed by atoms with Gasteiger partial charge in [-0.15, -0.1) is 0 Å². The minimum absolute atomic E-state index is 0.743. The number of nitrogens with one attached hydrogen (secondary N) is 1. The van der Waals surface area contributed by atoms with E-state index < -0.39 is 0 Å². The van der Waals surface area contributed by atoms with Gasteiger partial charge in [-0.1, -0.05) is 0 Å². The Morgan fingerprint density at radius 3 is 2.65 bits per heavy atom. The van der Waals surface area contributed by atoms with Crippen LogP contribution in [0.15, 0.2) is 47.1 Å². The van der Waals surface area contributed by atoms with Gasteiger partial charge in [0.25, 0.3) is 0 Å². The Kier molecular flexibility index (Phi) is 4.51. The number of benzene rings is 1. The van der Waals surface area contributed by atoms with Crippen molar-refractivity contribution in [1.29, 1.82) is 0 Å². The van der Waals surface area contributed by atoms with Gasteiger partial charge in [0.2, 0.25) is 0 Å². The molecule has 3 aromatic rings. The first-order chi connectivity index (χ1) is 12.6. The highest BCUT2D eigenvalue weighted by Crippen LogP contribution is 2.24. The summed E-state index contributed by atoms with van der Waals surface area (Å²) in [4.78, 5) is 9.11. The van der Waals surface area contributed by atoms with E-state index >= 15 is 0 Å².